The highest BCUT2D eigenvalue weighted by molar-refractivity contribution is 6.35. The number of ether oxygens (including phenoxy) is 2. The lowest BCUT2D eigenvalue weighted by Crippen LogP contribution is -1.99. The maximum absolute atomic E-state index is 6.07. The number of halogens is 2. The van der Waals surface area contributed by atoms with Crippen LogP contribution < -0.4 is 9.47 Å². The van der Waals surface area contributed by atoms with Gasteiger partial charge in [-0.3, -0.25) is 0 Å². The molecule has 0 aromatic heterocycles. The monoisotopic (exact) mass is 282 g/mol. The fraction of sp³-hybridized carbons (Fsp3) is 0.143. The number of hydrogen-bond donors (Lipinski definition) is 0. The van der Waals surface area contributed by atoms with Gasteiger partial charge >= 0.3 is 0 Å². The minimum Gasteiger partial charge on any atom is -0.493 e. The molecule has 18 heavy (non-hydrogen) atoms. The molecule has 0 amide bonds. The molecule has 94 valence electrons. The van der Waals surface area contributed by atoms with Crippen LogP contribution in [0.3, 0.4) is 0 Å². The predicted molar refractivity (Wildman–Crippen MR) is 73.8 cm³/mol. The number of methoxy groups -OCH3 is 1. The van der Waals surface area contributed by atoms with Gasteiger partial charge in [0.2, 0.25) is 0 Å². The molecule has 0 spiro atoms. The molecule has 4 heteroatoms. The predicted octanol–water partition coefficient (Wildman–Crippen LogP) is 4.58. The second-order valence-corrected chi connectivity index (χ2v) is 4.45. The summed E-state index contributed by atoms with van der Waals surface area (Å²) in [6.07, 6.45) is 0. The van der Waals surface area contributed by atoms with E-state index in [0.717, 1.165) is 5.56 Å². The summed E-state index contributed by atoms with van der Waals surface area (Å²) in [5, 5.41) is 1.19. The highest BCUT2D eigenvalue weighted by Gasteiger charge is 2.08. The van der Waals surface area contributed by atoms with Crippen molar-refractivity contribution in [3.8, 4) is 11.5 Å². The van der Waals surface area contributed by atoms with Crippen LogP contribution in [0.4, 0.5) is 0 Å². The molecule has 0 aliphatic heterocycles. The van der Waals surface area contributed by atoms with E-state index >= 15 is 0 Å². The van der Waals surface area contributed by atoms with Gasteiger partial charge in [0, 0.05) is 15.6 Å². The number of para-hydroxylation sites is 2. The Balaban J connectivity index is 2.16. The summed E-state index contributed by atoms with van der Waals surface area (Å²) in [6.45, 7) is 0.304. The molecule has 0 atom stereocenters. The van der Waals surface area contributed by atoms with Crippen molar-refractivity contribution < 1.29 is 9.47 Å². The van der Waals surface area contributed by atoms with E-state index in [9.17, 15) is 0 Å². The Morgan fingerprint density at radius 2 is 1.50 bits per heavy atom. The third-order valence-corrected chi connectivity index (χ3v) is 3.21. The molecule has 2 nitrogen and oxygen atoms in total. The van der Waals surface area contributed by atoms with Gasteiger partial charge in [0.15, 0.2) is 11.5 Å². The summed E-state index contributed by atoms with van der Waals surface area (Å²) in [4.78, 5) is 0. The molecule has 0 fully saturated rings. The molecule has 0 heterocycles. The largest absolute Gasteiger partial charge is 0.493 e. The summed E-state index contributed by atoms with van der Waals surface area (Å²) >= 11 is 12.1. The first-order valence-electron chi connectivity index (χ1n) is 5.41. The fourth-order valence-corrected chi connectivity index (χ4v) is 2.06. The van der Waals surface area contributed by atoms with Gasteiger partial charge in [-0.05, 0) is 24.3 Å². The second kappa shape index (κ2) is 5.98. The van der Waals surface area contributed by atoms with Crippen LogP contribution in [0.2, 0.25) is 10.0 Å². The van der Waals surface area contributed by atoms with Crippen LogP contribution in [0.1, 0.15) is 5.56 Å². The first kappa shape index (κ1) is 13.1. The van der Waals surface area contributed by atoms with Crippen molar-refractivity contribution >= 4 is 23.2 Å². The van der Waals surface area contributed by atoms with Gasteiger partial charge in [-0.1, -0.05) is 41.4 Å². The molecule has 0 saturated heterocycles. The molecule has 2 aromatic carbocycles. The number of rotatable bonds is 4. The molecular formula is C14H12Cl2O2. The summed E-state index contributed by atoms with van der Waals surface area (Å²) < 4.78 is 10.9. The van der Waals surface area contributed by atoms with Gasteiger partial charge < -0.3 is 9.47 Å². The van der Waals surface area contributed by atoms with E-state index in [-0.39, 0.29) is 0 Å². The van der Waals surface area contributed by atoms with Crippen LogP contribution in [0.25, 0.3) is 0 Å². The summed E-state index contributed by atoms with van der Waals surface area (Å²) in [6, 6.07) is 12.8. The fourth-order valence-electron chi connectivity index (χ4n) is 1.56. The molecule has 2 aromatic rings. The average Bonchev–Trinajstić information content (AvgIpc) is 2.38. The summed E-state index contributed by atoms with van der Waals surface area (Å²) in [5.74, 6) is 1.34. The van der Waals surface area contributed by atoms with Crippen molar-refractivity contribution in [1.29, 1.82) is 0 Å². The summed E-state index contributed by atoms with van der Waals surface area (Å²) in [5.41, 5.74) is 0.770. The second-order valence-electron chi connectivity index (χ2n) is 3.64. The van der Waals surface area contributed by atoms with Crippen LogP contribution in [-0.4, -0.2) is 7.11 Å². The van der Waals surface area contributed by atoms with E-state index in [2.05, 4.69) is 0 Å². The SMILES string of the molecule is COc1ccccc1OCc1c(Cl)cccc1Cl. The van der Waals surface area contributed by atoms with E-state index in [0.29, 0.717) is 28.2 Å². The molecule has 0 saturated carbocycles. The number of hydrogen-bond acceptors (Lipinski definition) is 2. The quantitative estimate of drug-likeness (QED) is 0.817. The van der Waals surface area contributed by atoms with Gasteiger partial charge in [-0.15, -0.1) is 0 Å². The third-order valence-electron chi connectivity index (χ3n) is 2.50. The molecule has 0 N–H and O–H groups in total. The van der Waals surface area contributed by atoms with Gasteiger partial charge in [-0.2, -0.15) is 0 Å². The standard InChI is InChI=1S/C14H12Cl2O2/c1-17-13-7-2-3-8-14(13)18-9-10-11(15)5-4-6-12(10)16/h2-8H,9H2,1H3. The van der Waals surface area contributed by atoms with E-state index in [1.807, 2.05) is 24.3 Å². The average molecular weight is 283 g/mol. The zero-order valence-electron chi connectivity index (χ0n) is 9.82. The van der Waals surface area contributed by atoms with E-state index in [4.69, 9.17) is 32.7 Å². The molecule has 0 aliphatic rings. The van der Waals surface area contributed by atoms with Crippen LogP contribution in [0.5, 0.6) is 11.5 Å². The van der Waals surface area contributed by atoms with E-state index < -0.39 is 0 Å². The van der Waals surface area contributed by atoms with E-state index in [1.165, 1.54) is 0 Å². The van der Waals surface area contributed by atoms with Crippen LogP contribution in [0.15, 0.2) is 42.5 Å². The third kappa shape index (κ3) is 2.89. The Labute approximate surface area is 116 Å². The lowest BCUT2D eigenvalue weighted by Gasteiger charge is -2.12. The van der Waals surface area contributed by atoms with Gasteiger partial charge in [0.05, 0.1) is 7.11 Å². The Kier molecular flexibility index (Phi) is 4.34. The molecule has 2 rings (SSSR count). The molecule has 0 bridgehead atoms. The van der Waals surface area contributed by atoms with Crippen LogP contribution in [0, 0.1) is 0 Å². The lowest BCUT2D eigenvalue weighted by molar-refractivity contribution is 0.284. The minimum atomic E-state index is 0.304. The van der Waals surface area contributed by atoms with Crippen LogP contribution >= 0.6 is 23.2 Å². The Morgan fingerprint density at radius 1 is 0.889 bits per heavy atom. The van der Waals surface area contributed by atoms with Crippen LogP contribution in [-0.2, 0) is 6.61 Å². The van der Waals surface area contributed by atoms with Crippen molar-refractivity contribution in [3.05, 3.63) is 58.1 Å². The topological polar surface area (TPSA) is 18.5 Å². The molecule has 0 unspecified atom stereocenters. The molecular weight excluding hydrogens is 271 g/mol. The Bertz CT molecular complexity index is 521. The minimum absolute atomic E-state index is 0.304. The smallest absolute Gasteiger partial charge is 0.161 e. The zero-order chi connectivity index (χ0) is 13.0. The zero-order valence-corrected chi connectivity index (χ0v) is 11.3. The first-order chi connectivity index (χ1) is 8.72. The van der Waals surface area contributed by atoms with Gasteiger partial charge in [0.1, 0.15) is 6.61 Å². The molecule has 0 aliphatic carbocycles. The normalized spacial score (nSPS) is 10.2. The molecule has 0 radical (unpaired) electrons. The van der Waals surface area contributed by atoms with Crippen molar-refractivity contribution in [2.75, 3.05) is 7.11 Å². The lowest BCUT2D eigenvalue weighted by atomic mass is 10.2. The maximum Gasteiger partial charge on any atom is 0.161 e. The number of benzene rings is 2. The highest BCUT2D eigenvalue weighted by Crippen LogP contribution is 2.29. The van der Waals surface area contributed by atoms with Crippen molar-refractivity contribution in [1.82, 2.24) is 0 Å². The Hall–Kier alpha value is -1.38. The summed E-state index contributed by atoms with van der Waals surface area (Å²) in [7, 11) is 1.60. The van der Waals surface area contributed by atoms with Crippen molar-refractivity contribution in [2.45, 2.75) is 6.61 Å². The van der Waals surface area contributed by atoms with Gasteiger partial charge in [0.25, 0.3) is 0 Å². The van der Waals surface area contributed by atoms with E-state index in [1.54, 1.807) is 25.3 Å². The van der Waals surface area contributed by atoms with Crippen molar-refractivity contribution in [3.63, 3.8) is 0 Å². The first-order valence-corrected chi connectivity index (χ1v) is 6.16. The Morgan fingerprint density at radius 3 is 2.11 bits per heavy atom. The van der Waals surface area contributed by atoms with Crippen molar-refractivity contribution in [2.24, 2.45) is 0 Å². The maximum atomic E-state index is 6.07. The van der Waals surface area contributed by atoms with Gasteiger partial charge in [-0.25, -0.2) is 0 Å². The highest BCUT2D eigenvalue weighted by atomic mass is 35.5.